The Kier molecular flexibility index (Phi) is 2.88. The van der Waals surface area contributed by atoms with Gasteiger partial charge in [0.2, 0.25) is 0 Å². The highest BCUT2D eigenvalue weighted by atomic mass is 16.5. The Morgan fingerprint density at radius 1 is 1.32 bits per heavy atom. The lowest BCUT2D eigenvalue weighted by molar-refractivity contribution is -0.146. The minimum atomic E-state index is -0.771. The Morgan fingerprint density at radius 3 is 2.84 bits per heavy atom. The molecule has 0 atom stereocenters. The summed E-state index contributed by atoms with van der Waals surface area (Å²) in [5.41, 5.74) is 7.87. The number of hydrogen-bond donors (Lipinski definition) is 2. The van der Waals surface area contributed by atoms with Gasteiger partial charge < -0.3 is 15.4 Å². The number of anilines is 1. The third kappa shape index (κ3) is 2.19. The van der Waals surface area contributed by atoms with Gasteiger partial charge in [-0.1, -0.05) is 5.16 Å². The van der Waals surface area contributed by atoms with Crippen molar-refractivity contribution in [1.82, 2.24) is 24.9 Å². The van der Waals surface area contributed by atoms with E-state index in [1.807, 2.05) is 6.07 Å². The summed E-state index contributed by atoms with van der Waals surface area (Å²) in [6, 6.07) is 1.89. The van der Waals surface area contributed by atoms with E-state index in [4.69, 9.17) is 15.4 Å². The average molecular weight is 340 g/mol. The van der Waals surface area contributed by atoms with Crippen LogP contribution in [0.5, 0.6) is 0 Å². The SMILES string of the molecule is Nc1ncnc2c1c(-c1cc(C3CC3)on1)nn2C1CC(C(=O)O)C1. The molecule has 25 heavy (non-hydrogen) atoms. The molecule has 0 aliphatic heterocycles. The van der Waals surface area contributed by atoms with Crippen LogP contribution in [-0.4, -0.2) is 36.0 Å². The number of carboxylic acids is 1. The smallest absolute Gasteiger partial charge is 0.306 e. The first-order valence-corrected chi connectivity index (χ1v) is 8.30. The average Bonchev–Trinajstić information content (AvgIpc) is 3.14. The van der Waals surface area contributed by atoms with E-state index in [1.165, 1.54) is 6.33 Å². The van der Waals surface area contributed by atoms with Crippen LogP contribution < -0.4 is 5.73 Å². The number of aliphatic carboxylic acids is 1. The van der Waals surface area contributed by atoms with Crippen LogP contribution in [0.1, 0.15) is 43.4 Å². The molecule has 9 heteroatoms. The summed E-state index contributed by atoms with van der Waals surface area (Å²) in [6.45, 7) is 0. The Balaban J connectivity index is 1.59. The first kappa shape index (κ1) is 14.4. The Bertz CT molecular complexity index is 983. The molecule has 2 fully saturated rings. The number of carboxylic acid groups (broad SMARTS) is 1. The predicted molar refractivity (Wildman–Crippen MR) is 86.6 cm³/mol. The Labute approximate surface area is 141 Å². The number of nitrogens with two attached hydrogens (primary N) is 1. The van der Waals surface area contributed by atoms with Crippen LogP contribution in [-0.2, 0) is 4.79 Å². The van der Waals surface area contributed by atoms with E-state index in [1.54, 1.807) is 4.68 Å². The molecule has 0 bridgehead atoms. The molecule has 0 saturated heterocycles. The maximum absolute atomic E-state index is 11.1. The zero-order valence-corrected chi connectivity index (χ0v) is 13.3. The third-order valence-corrected chi connectivity index (χ3v) is 5.08. The van der Waals surface area contributed by atoms with E-state index in [9.17, 15) is 4.79 Å². The molecule has 0 unspecified atom stereocenters. The molecular formula is C16H16N6O3. The molecule has 2 aliphatic carbocycles. The Morgan fingerprint density at radius 2 is 2.12 bits per heavy atom. The lowest BCUT2D eigenvalue weighted by Gasteiger charge is -2.32. The minimum absolute atomic E-state index is 0.0125. The van der Waals surface area contributed by atoms with Crippen LogP contribution in [0, 0.1) is 5.92 Å². The van der Waals surface area contributed by atoms with Crippen molar-refractivity contribution in [3.05, 3.63) is 18.2 Å². The van der Waals surface area contributed by atoms with E-state index in [-0.39, 0.29) is 12.0 Å². The quantitative estimate of drug-likeness (QED) is 0.736. The van der Waals surface area contributed by atoms with Crippen molar-refractivity contribution in [3.8, 4) is 11.4 Å². The summed E-state index contributed by atoms with van der Waals surface area (Å²) in [6.07, 6.45) is 4.69. The molecule has 3 aromatic rings. The number of aromatic nitrogens is 5. The van der Waals surface area contributed by atoms with Crippen LogP contribution in [0.4, 0.5) is 5.82 Å². The molecule has 0 aromatic carbocycles. The number of fused-ring (bicyclic) bond motifs is 1. The zero-order valence-electron chi connectivity index (χ0n) is 13.3. The van der Waals surface area contributed by atoms with Crippen LogP contribution in [0.2, 0.25) is 0 Å². The van der Waals surface area contributed by atoms with E-state index in [0.717, 1.165) is 18.6 Å². The van der Waals surface area contributed by atoms with E-state index in [0.29, 0.717) is 47.0 Å². The zero-order chi connectivity index (χ0) is 17.1. The maximum Gasteiger partial charge on any atom is 0.306 e. The largest absolute Gasteiger partial charge is 0.481 e. The van der Waals surface area contributed by atoms with Crippen molar-refractivity contribution < 1.29 is 14.4 Å². The number of nitrogens with zero attached hydrogens (tertiary/aromatic N) is 5. The molecule has 0 amide bonds. The molecule has 3 N–H and O–H groups in total. The normalized spacial score (nSPS) is 22.9. The molecule has 0 radical (unpaired) electrons. The van der Waals surface area contributed by atoms with Gasteiger partial charge in [-0.25, -0.2) is 14.6 Å². The number of carbonyl (C=O) groups is 1. The van der Waals surface area contributed by atoms with Crippen LogP contribution in [0.25, 0.3) is 22.4 Å². The highest BCUT2D eigenvalue weighted by Gasteiger charge is 2.38. The van der Waals surface area contributed by atoms with E-state index in [2.05, 4.69) is 20.2 Å². The summed E-state index contributed by atoms with van der Waals surface area (Å²) in [4.78, 5) is 19.5. The summed E-state index contributed by atoms with van der Waals surface area (Å²) < 4.78 is 7.19. The minimum Gasteiger partial charge on any atom is -0.481 e. The topological polar surface area (TPSA) is 133 Å². The number of hydrogen-bond acceptors (Lipinski definition) is 7. The standard InChI is InChI=1S/C16H16N6O3/c17-14-12-13(10-5-11(25-21-10)7-1-2-7)20-22(15(12)19-6-18-14)9-3-8(4-9)16(23)24/h5-9H,1-4H2,(H,23,24)(H2,17,18,19). The summed E-state index contributed by atoms with van der Waals surface area (Å²) >= 11 is 0. The van der Waals surface area contributed by atoms with Crippen molar-refractivity contribution in [2.75, 3.05) is 5.73 Å². The van der Waals surface area contributed by atoms with E-state index < -0.39 is 5.97 Å². The molecule has 9 nitrogen and oxygen atoms in total. The van der Waals surface area contributed by atoms with Gasteiger partial charge in [-0.15, -0.1) is 0 Å². The van der Waals surface area contributed by atoms with Gasteiger partial charge in [-0.3, -0.25) is 4.79 Å². The molecular weight excluding hydrogens is 324 g/mol. The first-order chi connectivity index (χ1) is 12.1. The fraction of sp³-hybridized carbons (Fsp3) is 0.438. The number of rotatable bonds is 4. The van der Waals surface area contributed by atoms with Gasteiger partial charge in [0, 0.05) is 12.0 Å². The molecule has 3 heterocycles. The summed E-state index contributed by atoms with van der Waals surface area (Å²) in [5.74, 6) is 0.540. The lowest BCUT2D eigenvalue weighted by atomic mass is 9.80. The van der Waals surface area contributed by atoms with Crippen LogP contribution >= 0.6 is 0 Å². The molecule has 3 aromatic heterocycles. The van der Waals surface area contributed by atoms with Crippen molar-refractivity contribution >= 4 is 22.8 Å². The number of nitrogen functional groups attached to an aromatic ring is 1. The van der Waals surface area contributed by atoms with Gasteiger partial charge in [0.1, 0.15) is 29.3 Å². The molecule has 2 aliphatic rings. The summed E-state index contributed by atoms with van der Waals surface area (Å²) in [5, 5.41) is 18.5. The molecule has 0 spiro atoms. The maximum atomic E-state index is 11.1. The van der Waals surface area contributed by atoms with Crippen molar-refractivity contribution in [1.29, 1.82) is 0 Å². The van der Waals surface area contributed by atoms with Gasteiger partial charge in [-0.05, 0) is 25.7 Å². The first-order valence-electron chi connectivity index (χ1n) is 8.30. The predicted octanol–water partition coefficient (Wildman–Crippen LogP) is 1.98. The molecule has 128 valence electrons. The second-order valence-corrected chi connectivity index (χ2v) is 6.80. The third-order valence-electron chi connectivity index (χ3n) is 5.08. The van der Waals surface area contributed by atoms with Gasteiger partial charge in [-0.2, -0.15) is 5.10 Å². The molecule has 2 saturated carbocycles. The van der Waals surface area contributed by atoms with Crippen molar-refractivity contribution in [3.63, 3.8) is 0 Å². The van der Waals surface area contributed by atoms with Gasteiger partial charge >= 0.3 is 5.97 Å². The fourth-order valence-electron chi connectivity index (χ4n) is 3.38. The highest BCUT2D eigenvalue weighted by Crippen LogP contribution is 2.43. The van der Waals surface area contributed by atoms with Crippen molar-refractivity contribution in [2.45, 2.75) is 37.6 Å². The fourth-order valence-corrected chi connectivity index (χ4v) is 3.38. The van der Waals surface area contributed by atoms with Gasteiger partial charge in [0.05, 0.1) is 17.3 Å². The monoisotopic (exact) mass is 340 g/mol. The summed E-state index contributed by atoms with van der Waals surface area (Å²) in [7, 11) is 0. The van der Waals surface area contributed by atoms with Crippen LogP contribution in [0.3, 0.4) is 0 Å². The van der Waals surface area contributed by atoms with Gasteiger partial charge in [0.15, 0.2) is 5.65 Å². The van der Waals surface area contributed by atoms with Crippen molar-refractivity contribution in [2.24, 2.45) is 5.92 Å². The second kappa shape index (κ2) is 5.01. The molecule has 5 rings (SSSR count). The van der Waals surface area contributed by atoms with Gasteiger partial charge in [0.25, 0.3) is 0 Å². The lowest BCUT2D eigenvalue weighted by Crippen LogP contribution is -2.32. The van der Waals surface area contributed by atoms with E-state index >= 15 is 0 Å². The second-order valence-electron chi connectivity index (χ2n) is 6.80. The van der Waals surface area contributed by atoms with Crippen LogP contribution in [0.15, 0.2) is 16.9 Å². The Hall–Kier alpha value is -2.97. The highest BCUT2D eigenvalue weighted by molar-refractivity contribution is 5.97.